The number of nitrogens with one attached hydrogen (secondary N) is 2. The average molecular weight is 369 g/mol. The van der Waals surface area contributed by atoms with Crippen LogP contribution in [0.4, 0.5) is 23.0 Å². The first-order valence-corrected chi connectivity index (χ1v) is 8.41. The van der Waals surface area contributed by atoms with Crippen LogP contribution in [-0.2, 0) is 4.74 Å². The second-order valence-corrected chi connectivity index (χ2v) is 5.72. The summed E-state index contributed by atoms with van der Waals surface area (Å²) >= 11 is 6.15. The van der Waals surface area contributed by atoms with Gasteiger partial charge >= 0.3 is 5.97 Å². The summed E-state index contributed by atoms with van der Waals surface area (Å²) in [5.74, 6) is 0.879. The van der Waals surface area contributed by atoms with E-state index in [-0.39, 0.29) is 5.97 Å². The topological polar surface area (TPSA) is 76.1 Å². The zero-order valence-corrected chi connectivity index (χ0v) is 14.8. The summed E-state index contributed by atoms with van der Waals surface area (Å²) in [7, 11) is 0. The van der Waals surface area contributed by atoms with E-state index < -0.39 is 0 Å². The van der Waals surface area contributed by atoms with Gasteiger partial charge in [-0.05, 0) is 43.3 Å². The number of carbonyl (C=O) groups excluding carboxylic acids is 1. The van der Waals surface area contributed by atoms with E-state index in [4.69, 9.17) is 16.3 Å². The Morgan fingerprint density at radius 2 is 1.73 bits per heavy atom. The van der Waals surface area contributed by atoms with Gasteiger partial charge in [0.1, 0.15) is 18.0 Å². The molecule has 0 bridgehead atoms. The maximum absolute atomic E-state index is 11.7. The highest BCUT2D eigenvalue weighted by molar-refractivity contribution is 6.33. The third-order valence-electron chi connectivity index (χ3n) is 3.47. The quantitative estimate of drug-likeness (QED) is 0.609. The second-order valence-electron chi connectivity index (χ2n) is 5.32. The molecule has 0 amide bonds. The SMILES string of the molecule is CCOC(=O)c1ccc(Nc2cc(Nc3ccccc3Cl)ncn2)cc1. The first kappa shape index (κ1) is 17.7. The number of aromatic nitrogens is 2. The molecule has 0 radical (unpaired) electrons. The number of nitrogens with zero attached hydrogens (tertiary/aromatic N) is 2. The molecule has 1 aromatic heterocycles. The fourth-order valence-electron chi connectivity index (χ4n) is 2.25. The van der Waals surface area contributed by atoms with E-state index in [1.54, 1.807) is 43.3 Å². The van der Waals surface area contributed by atoms with Gasteiger partial charge in [-0.25, -0.2) is 14.8 Å². The third kappa shape index (κ3) is 4.49. The monoisotopic (exact) mass is 368 g/mol. The number of para-hydroxylation sites is 1. The fraction of sp³-hybridized carbons (Fsp3) is 0.105. The number of carbonyl (C=O) groups is 1. The van der Waals surface area contributed by atoms with Crippen LogP contribution >= 0.6 is 11.6 Å². The van der Waals surface area contributed by atoms with Crippen molar-refractivity contribution >= 4 is 40.6 Å². The maximum Gasteiger partial charge on any atom is 0.338 e. The van der Waals surface area contributed by atoms with Gasteiger partial charge in [-0.2, -0.15) is 0 Å². The van der Waals surface area contributed by atoms with Crippen LogP contribution in [0.3, 0.4) is 0 Å². The van der Waals surface area contributed by atoms with Gasteiger partial charge in [-0.1, -0.05) is 23.7 Å². The van der Waals surface area contributed by atoms with Crippen molar-refractivity contribution in [2.75, 3.05) is 17.2 Å². The number of benzene rings is 2. The molecule has 0 unspecified atom stereocenters. The van der Waals surface area contributed by atoms with E-state index in [1.165, 1.54) is 6.33 Å². The Bertz CT molecular complexity index is 900. The second kappa shape index (κ2) is 8.31. The highest BCUT2D eigenvalue weighted by Crippen LogP contribution is 2.25. The van der Waals surface area contributed by atoms with E-state index >= 15 is 0 Å². The molecule has 0 aliphatic rings. The van der Waals surface area contributed by atoms with Crippen LogP contribution in [0.2, 0.25) is 5.02 Å². The highest BCUT2D eigenvalue weighted by Gasteiger charge is 2.07. The van der Waals surface area contributed by atoms with Crippen LogP contribution in [0, 0.1) is 0 Å². The van der Waals surface area contributed by atoms with Crippen LogP contribution in [0.1, 0.15) is 17.3 Å². The first-order valence-electron chi connectivity index (χ1n) is 8.03. The average Bonchev–Trinajstić information content (AvgIpc) is 2.65. The molecular weight excluding hydrogens is 352 g/mol. The van der Waals surface area contributed by atoms with E-state index in [0.717, 1.165) is 11.4 Å². The Labute approximate surface area is 156 Å². The molecule has 0 aliphatic heterocycles. The molecule has 3 aromatic rings. The standard InChI is InChI=1S/C19H17ClN4O2/c1-2-26-19(25)13-7-9-14(10-8-13)23-17-11-18(22-12-21-17)24-16-6-4-3-5-15(16)20/h3-12H,2H2,1H3,(H2,21,22,23,24). The fourth-order valence-corrected chi connectivity index (χ4v) is 2.43. The number of ether oxygens (including phenoxy) is 1. The van der Waals surface area contributed by atoms with E-state index in [1.807, 2.05) is 18.2 Å². The molecule has 6 nitrogen and oxygen atoms in total. The van der Waals surface area contributed by atoms with Gasteiger partial charge in [0.15, 0.2) is 0 Å². The number of anilines is 4. The lowest BCUT2D eigenvalue weighted by molar-refractivity contribution is 0.0526. The van der Waals surface area contributed by atoms with Crippen molar-refractivity contribution in [2.45, 2.75) is 6.92 Å². The van der Waals surface area contributed by atoms with Gasteiger partial charge < -0.3 is 15.4 Å². The van der Waals surface area contributed by atoms with Gasteiger partial charge in [-0.3, -0.25) is 0 Å². The predicted octanol–water partition coefficient (Wildman–Crippen LogP) is 4.79. The van der Waals surface area contributed by atoms with Gasteiger partial charge in [-0.15, -0.1) is 0 Å². The number of hydrogen-bond donors (Lipinski definition) is 2. The summed E-state index contributed by atoms with van der Waals surface area (Å²) in [6.07, 6.45) is 1.45. The van der Waals surface area contributed by atoms with Crippen LogP contribution in [0.15, 0.2) is 60.9 Å². The van der Waals surface area contributed by atoms with Crippen molar-refractivity contribution in [3.63, 3.8) is 0 Å². The molecule has 0 atom stereocenters. The molecule has 0 saturated carbocycles. The zero-order valence-electron chi connectivity index (χ0n) is 14.1. The van der Waals surface area contributed by atoms with Crippen molar-refractivity contribution in [2.24, 2.45) is 0 Å². The van der Waals surface area contributed by atoms with Crippen molar-refractivity contribution in [1.82, 2.24) is 9.97 Å². The number of rotatable bonds is 6. The molecule has 3 rings (SSSR count). The summed E-state index contributed by atoms with van der Waals surface area (Å²) in [6, 6.07) is 16.2. The molecule has 7 heteroatoms. The zero-order chi connectivity index (χ0) is 18.4. The van der Waals surface area contributed by atoms with E-state index in [9.17, 15) is 4.79 Å². The molecule has 132 valence electrons. The Balaban J connectivity index is 1.71. The molecule has 0 spiro atoms. The third-order valence-corrected chi connectivity index (χ3v) is 3.80. The summed E-state index contributed by atoms with van der Waals surface area (Å²) in [6.45, 7) is 2.12. The Kier molecular flexibility index (Phi) is 5.66. The Morgan fingerprint density at radius 3 is 2.42 bits per heavy atom. The number of esters is 1. The normalized spacial score (nSPS) is 10.2. The Hall–Kier alpha value is -3.12. The summed E-state index contributed by atoms with van der Waals surface area (Å²) in [4.78, 5) is 20.1. The van der Waals surface area contributed by atoms with Crippen LogP contribution in [-0.4, -0.2) is 22.5 Å². The van der Waals surface area contributed by atoms with Gasteiger partial charge in [0.2, 0.25) is 0 Å². The van der Waals surface area contributed by atoms with Crippen molar-refractivity contribution in [3.05, 3.63) is 71.5 Å². The number of hydrogen-bond acceptors (Lipinski definition) is 6. The summed E-state index contributed by atoms with van der Waals surface area (Å²) in [5, 5.41) is 6.93. The predicted molar refractivity (Wildman–Crippen MR) is 102 cm³/mol. The minimum Gasteiger partial charge on any atom is -0.462 e. The van der Waals surface area contributed by atoms with E-state index in [2.05, 4.69) is 20.6 Å². The van der Waals surface area contributed by atoms with Crippen LogP contribution < -0.4 is 10.6 Å². The van der Waals surface area contributed by atoms with Crippen molar-refractivity contribution in [3.8, 4) is 0 Å². The van der Waals surface area contributed by atoms with Gasteiger partial charge in [0.25, 0.3) is 0 Å². The Morgan fingerprint density at radius 1 is 1.04 bits per heavy atom. The molecule has 0 aliphatic carbocycles. The highest BCUT2D eigenvalue weighted by atomic mass is 35.5. The van der Waals surface area contributed by atoms with Gasteiger partial charge in [0.05, 0.1) is 22.9 Å². The van der Waals surface area contributed by atoms with Gasteiger partial charge in [0, 0.05) is 11.8 Å². The maximum atomic E-state index is 11.7. The smallest absolute Gasteiger partial charge is 0.338 e. The molecule has 26 heavy (non-hydrogen) atoms. The van der Waals surface area contributed by atoms with Crippen molar-refractivity contribution < 1.29 is 9.53 Å². The molecule has 0 fully saturated rings. The molecule has 2 N–H and O–H groups in total. The van der Waals surface area contributed by atoms with Crippen molar-refractivity contribution in [1.29, 1.82) is 0 Å². The van der Waals surface area contributed by atoms with E-state index in [0.29, 0.717) is 28.8 Å². The minimum atomic E-state index is -0.340. The van der Waals surface area contributed by atoms with Crippen LogP contribution in [0.5, 0.6) is 0 Å². The number of halogens is 1. The lowest BCUT2D eigenvalue weighted by atomic mass is 10.2. The summed E-state index contributed by atoms with van der Waals surface area (Å²) in [5.41, 5.74) is 2.05. The molecular formula is C19H17ClN4O2. The lowest BCUT2D eigenvalue weighted by Crippen LogP contribution is -2.04. The molecule has 2 aromatic carbocycles. The first-order chi connectivity index (χ1) is 12.7. The largest absolute Gasteiger partial charge is 0.462 e. The van der Waals surface area contributed by atoms with Crippen LogP contribution in [0.25, 0.3) is 0 Å². The lowest BCUT2D eigenvalue weighted by Gasteiger charge is -2.10. The summed E-state index contributed by atoms with van der Waals surface area (Å²) < 4.78 is 4.97. The molecule has 0 saturated heterocycles. The minimum absolute atomic E-state index is 0.340. The molecule has 1 heterocycles.